The summed E-state index contributed by atoms with van der Waals surface area (Å²) in [5.74, 6) is -0.698. The van der Waals surface area contributed by atoms with Crippen molar-refractivity contribution in [3.63, 3.8) is 0 Å². The van der Waals surface area contributed by atoms with Crippen LogP contribution in [0.3, 0.4) is 0 Å². The molecule has 0 heterocycles. The monoisotopic (exact) mass is 292 g/mol. The van der Waals surface area contributed by atoms with Crippen molar-refractivity contribution in [2.45, 2.75) is 40.2 Å². The topological polar surface area (TPSA) is 67.4 Å². The van der Waals surface area contributed by atoms with Crippen LogP contribution in [0, 0.1) is 5.92 Å². The van der Waals surface area contributed by atoms with Crippen molar-refractivity contribution in [3.8, 4) is 0 Å². The van der Waals surface area contributed by atoms with Gasteiger partial charge in [0.25, 0.3) is 0 Å². The second kappa shape index (κ2) is 8.29. The van der Waals surface area contributed by atoms with E-state index >= 15 is 0 Å². The normalized spacial score (nSPS) is 13.1. The van der Waals surface area contributed by atoms with Crippen molar-refractivity contribution < 1.29 is 14.3 Å². The van der Waals surface area contributed by atoms with Gasteiger partial charge in [-0.3, -0.25) is 4.79 Å². The van der Waals surface area contributed by atoms with Crippen molar-refractivity contribution in [3.05, 3.63) is 29.8 Å². The quantitative estimate of drug-likeness (QED) is 0.792. The lowest BCUT2D eigenvalue weighted by atomic mass is 10.0. The molecule has 0 aliphatic heterocycles. The molecule has 1 aromatic carbocycles. The van der Waals surface area contributed by atoms with Crippen LogP contribution < -0.4 is 10.6 Å². The maximum Gasteiger partial charge on any atom is 0.319 e. The molecule has 0 saturated heterocycles. The third kappa shape index (κ3) is 5.10. The zero-order valence-corrected chi connectivity index (χ0v) is 13.1. The standard InChI is InChI=1S/C16H24N2O3/c1-5-13-9-7-8-10-14(13)18-16(20)17-12(4)11(3)15(19)21-6-2/h7-12H,5-6H2,1-4H3,(H2,17,18,20)/t11-,12-/m1/s1. The van der Waals surface area contributed by atoms with Crippen LogP contribution in [0.15, 0.2) is 24.3 Å². The number of hydrogen-bond donors (Lipinski definition) is 2. The molecule has 0 fully saturated rings. The number of anilines is 1. The van der Waals surface area contributed by atoms with Gasteiger partial charge in [-0.15, -0.1) is 0 Å². The number of para-hydroxylation sites is 1. The van der Waals surface area contributed by atoms with Gasteiger partial charge in [-0.05, 0) is 38.8 Å². The van der Waals surface area contributed by atoms with Gasteiger partial charge in [0, 0.05) is 11.7 Å². The summed E-state index contributed by atoms with van der Waals surface area (Å²) in [5.41, 5.74) is 1.85. The third-order valence-corrected chi connectivity index (χ3v) is 3.41. The summed E-state index contributed by atoms with van der Waals surface area (Å²) in [7, 11) is 0. The molecule has 0 radical (unpaired) electrons. The predicted molar refractivity (Wildman–Crippen MR) is 83.2 cm³/mol. The molecule has 0 unspecified atom stereocenters. The van der Waals surface area contributed by atoms with Gasteiger partial charge < -0.3 is 15.4 Å². The fraction of sp³-hybridized carbons (Fsp3) is 0.500. The molecule has 1 aromatic rings. The Hall–Kier alpha value is -2.04. The van der Waals surface area contributed by atoms with Crippen LogP contribution in [0.4, 0.5) is 10.5 Å². The number of aryl methyl sites for hydroxylation is 1. The van der Waals surface area contributed by atoms with Crippen molar-refractivity contribution in [2.24, 2.45) is 5.92 Å². The maximum absolute atomic E-state index is 12.0. The Kier molecular flexibility index (Phi) is 6.72. The van der Waals surface area contributed by atoms with Crippen LogP contribution in [-0.4, -0.2) is 24.6 Å². The van der Waals surface area contributed by atoms with Crippen molar-refractivity contribution in [1.82, 2.24) is 5.32 Å². The Bertz CT molecular complexity index is 488. The summed E-state index contributed by atoms with van der Waals surface area (Å²) < 4.78 is 4.95. The molecule has 2 N–H and O–H groups in total. The summed E-state index contributed by atoms with van der Waals surface area (Å²) in [6.07, 6.45) is 0.839. The van der Waals surface area contributed by atoms with E-state index in [1.54, 1.807) is 20.8 Å². The number of urea groups is 1. The molecule has 5 nitrogen and oxygen atoms in total. The van der Waals surface area contributed by atoms with Crippen LogP contribution in [0.2, 0.25) is 0 Å². The first-order chi connectivity index (χ1) is 9.99. The van der Waals surface area contributed by atoms with Gasteiger partial charge in [-0.2, -0.15) is 0 Å². The fourth-order valence-electron chi connectivity index (χ4n) is 1.92. The molecule has 2 atom stereocenters. The first-order valence-corrected chi connectivity index (χ1v) is 7.31. The van der Waals surface area contributed by atoms with E-state index in [2.05, 4.69) is 10.6 Å². The third-order valence-electron chi connectivity index (χ3n) is 3.41. The van der Waals surface area contributed by atoms with Crippen LogP contribution in [0.1, 0.15) is 33.3 Å². The zero-order valence-electron chi connectivity index (χ0n) is 13.1. The number of hydrogen-bond acceptors (Lipinski definition) is 3. The number of nitrogens with one attached hydrogen (secondary N) is 2. The second-order valence-electron chi connectivity index (χ2n) is 4.94. The van der Waals surface area contributed by atoms with Gasteiger partial charge in [0.2, 0.25) is 0 Å². The van der Waals surface area contributed by atoms with E-state index in [4.69, 9.17) is 4.74 Å². The number of carbonyl (C=O) groups excluding carboxylic acids is 2. The van der Waals surface area contributed by atoms with E-state index in [0.29, 0.717) is 6.61 Å². The van der Waals surface area contributed by atoms with Crippen molar-refractivity contribution in [2.75, 3.05) is 11.9 Å². The molecular formula is C16H24N2O3. The van der Waals surface area contributed by atoms with Gasteiger partial charge in [0.05, 0.1) is 12.5 Å². The minimum absolute atomic E-state index is 0.306. The Labute approximate surface area is 126 Å². The number of rotatable bonds is 6. The van der Waals surface area contributed by atoms with E-state index < -0.39 is 5.92 Å². The molecule has 0 spiro atoms. The Morgan fingerprint density at radius 3 is 2.48 bits per heavy atom. The average Bonchev–Trinajstić information content (AvgIpc) is 2.47. The number of ether oxygens (including phenoxy) is 1. The van der Waals surface area contributed by atoms with Crippen LogP contribution in [0.5, 0.6) is 0 Å². The minimum Gasteiger partial charge on any atom is -0.466 e. The lowest BCUT2D eigenvalue weighted by molar-refractivity contribution is -0.148. The number of carbonyl (C=O) groups is 2. The molecule has 0 aromatic heterocycles. The van der Waals surface area contributed by atoms with E-state index in [1.165, 1.54) is 0 Å². The Morgan fingerprint density at radius 2 is 1.86 bits per heavy atom. The zero-order chi connectivity index (χ0) is 15.8. The molecule has 21 heavy (non-hydrogen) atoms. The summed E-state index contributed by atoms with van der Waals surface area (Å²) >= 11 is 0. The molecule has 116 valence electrons. The summed E-state index contributed by atoms with van der Waals surface area (Å²) in [4.78, 5) is 23.6. The lowest BCUT2D eigenvalue weighted by Gasteiger charge is -2.20. The molecule has 0 saturated carbocycles. The highest BCUT2D eigenvalue weighted by Crippen LogP contribution is 2.15. The molecule has 5 heteroatoms. The number of benzene rings is 1. The van der Waals surface area contributed by atoms with Gasteiger partial charge >= 0.3 is 12.0 Å². The molecule has 0 bridgehead atoms. The molecule has 0 aliphatic carbocycles. The average molecular weight is 292 g/mol. The van der Waals surface area contributed by atoms with Gasteiger partial charge in [-0.25, -0.2) is 4.79 Å². The van der Waals surface area contributed by atoms with Gasteiger partial charge in [0.15, 0.2) is 0 Å². The maximum atomic E-state index is 12.0. The van der Waals surface area contributed by atoms with Gasteiger partial charge in [-0.1, -0.05) is 25.1 Å². The SMILES string of the molecule is CCOC(=O)[C@H](C)[C@@H](C)NC(=O)Nc1ccccc1CC. The van der Waals surface area contributed by atoms with E-state index in [9.17, 15) is 9.59 Å². The van der Waals surface area contributed by atoms with Crippen LogP contribution in [-0.2, 0) is 16.0 Å². The summed E-state index contributed by atoms with van der Waals surface area (Å²) in [5, 5.41) is 5.58. The highest BCUT2D eigenvalue weighted by Gasteiger charge is 2.22. The highest BCUT2D eigenvalue weighted by atomic mass is 16.5. The Balaban J connectivity index is 2.59. The second-order valence-corrected chi connectivity index (χ2v) is 4.94. The fourth-order valence-corrected chi connectivity index (χ4v) is 1.92. The molecule has 0 aliphatic rings. The highest BCUT2D eigenvalue weighted by molar-refractivity contribution is 5.90. The smallest absolute Gasteiger partial charge is 0.319 e. The summed E-state index contributed by atoms with van der Waals surface area (Å²) in [6.45, 7) is 7.66. The van der Waals surface area contributed by atoms with Gasteiger partial charge in [0.1, 0.15) is 0 Å². The number of esters is 1. The molecular weight excluding hydrogens is 268 g/mol. The largest absolute Gasteiger partial charge is 0.466 e. The lowest BCUT2D eigenvalue weighted by Crippen LogP contribution is -2.42. The molecule has 1 rings (SSSR count). The van der Waals surface area contributed by atoms with Crippen molar-refractivity contribution in [1.29, 1.82) is 0 Å². The van der Waals surface area contributed by atoms with Crippen molar-refractivity contribution >= 4 is 17.7 Å². The number of amides is 2. The molecule has 2 amide bonds. The first-order valence-electron chi connectivity index (χ1n) is 7.31. The Morgan fingerprint density at radius 1 is 1.19 bits per heavy atom. The predicted octanol–water partition coefficient (Wildman–Crippen LogP) is 2.96. The first kappa shape index (κ1) is 17.0. The van der Waals surface area contributed by atoms with Crippen LogP contribution in [0.25, 0.3) is 0 Å². The van der Waals surface area contributed by atoms with E-state index in [0.717, 1.165) is 17.7 Å². The van der Waals surface area contributed by atoms with Crippen LogP contribution >= 0.6 is 0 Å². The van der Waals surface area contributed by atoms with E-state index in [1.807, 2.05) is 31.2 Å². The summed E-state index contributed by atoms with van der Waals surface area (Å²) in [6, 6.07) is 7.02. The minimum atomic E-state index is -0.392. The van der Waals surface area contributed by atoms with E-state index in [-0.39, 0.29) is 18.0 Å².